The van der Waals surface area contributed by atoms with Crippen molar-refractivity contribution in [2.45, 2.75) is 25.4 Å². The Hall–Kier alpha value is -1.43. The first kappa shape index (κ1) is 23.8. The standard InChI is InChI=1S/C22H25Cl3O4/c1-22(2,15-5-7-18(8-6-15)29-14-17(26)13-27-3)16-11-19(24)21(20(25)12-16)28-10-4-9-23/h4-9,11-12,17,26H,10,13-14H2,1-3H3/b9-4+. The van der Waals surface area contributed by atoms with Gasteiger partial charge in [-0.15, -0.1) is 0 Å². The van der Waals surface area contributed by atoms with Crippen LogP contribution in [0.1, 0.15) is 25.0 Å². The molecule has 2 aromatic carbocycles. The van der Waals surface area contributed by atoms with E-state index in [1.807, 2.05) is 36.4 Å². The summed E-state index contributed by atoms with van der Waals surface area (Å²) in [4.78, 5) is 0. The number of benzene rings is 2. The summed E-state index contributed by atoms with van der Waals surface area (Å²) < 4.78 is 16.1. The van der Waals surface area contributed by atoms with Gasteiger partial charge in [0.25, 0.3) is 0 Å². The Balaban J connectivity index is 2.17. The highest BCUT2D eigenvalue weighted by Crippen LogP contribution is 2.40. The van der Waals surface area contributed by atoms with Gasteiger partial charge in [-0.3, -0.25) is 0 Å². The SMILES string of the molecule is COCC(O)COc1ccc(C(C)(C)c2cc(Cl)c(OC/C=C/Cl)c(Cl)c2)cc1. The van der Waals surface area contributed by atoms with Gasteiger partial charge in [0.15, 0.2) is 5.75 Å². The molecule has 0 aliphatic heterocycles. The Morgan fingerprint density at radius 2 is 1.62 bits per heavy atom. The van der Waals surface area contributed by atoms with Crippen molar-refractivity contribution in [2.24, 2.45) is 0 Å². The molecule has 29 heavy (non-hydrogen) atoms. The van der Waals surface area contributed by atoms with E-state index in [0.717, 1.165) is 11.1 Å². The van der Waals surface area contributed by atoms with Gasteiger partial charge < -0.3 is 19.3 Å². The van der Waals surface area contributed by atoms with Gasteiger partial charge in [-0.25, -0.2) is 0 Å². The van der Waals surface area contributed by atoms with Crippen molar-refractivity contribution in [3.63, 3.8) is 0 Å². The topological polar surface area (TPSA) is 47.9 Å². The normalized spacial score (nSPS) is 12.9. The number of aliphatic hydroxyl groups is 1. The molecule has 0 radical (unpaired) electrons. The summed E-state index contributed by atoms with van der Waals surface area (Å²) in [7, 11) is 1.54. The maximum atomic E-state index is 9.69. The van der Waals surface area contributed by atoms with Gasteiger partial charge in [0.1, 0.15) is 25.1 Å². The van der Waals surface area contributed by atoms with E-state index in [9.17, 15) is 5.11 Å². The first-order valence-electron chi connectivity index (χ1n) is 9.07. The molecule has 0 aromatic heterocycles. The number of rotatable bonds is 10. The quantitative estimate of drug-likeness (QED) is 0.485. The smallest absolute Gasteiger partial charge is 0.156 e. The zero-order valence-corrected chi connectivity index (χ0v) is 18.9. The molecule has 2 rings (SSSR count). The minimum absolute atomic E-state index is 0.169. The van der Waals surface area contributed by atoms with Gasteiger partial charge in [-0.05, 0) is 41.5 Å². The third-order valence-electron chi connectivity index (χ3n) is 4.51. The van der Waals surface area contributed by atoms with Crippen LogP contribution in [0.3, 0.4) is 0 Å². The van der Waals surface area contributed by atoms with E-state index < -0.39 is 6.10 Å². The van der Waals surface area contributed by atoms with Crippen LogP contribution < -0.4 is 9.47 Å². The van der Waals surface area contributed by atoms with E-state index in [0.29, 0.717) is 21.5 Å². The number of methoxy groups -OCH3 is 1. The minimum Gasteiger partial charge on any atom is -0.491 e. The van der Waals surface area contributed by atoms with Crippen LogP contribution in [0.25, 0.3) is 0 Å². The van der Waals surface area contributed by atoms with Crippen molar-refractivity contribution >= 4 is 34.8 Å². The zero-order chi connectivity index (χ0) is 21.4. The van der Waals surface area contributed by atoms with Crippen molar-refractivity contribution < 1.29 is 19.3 Å². The molecule has 2 aromatic rings. The predicted molar refractivity (Wildman–Crippen MR) is 119 cm³/mol. The number of aliphatic hydroxyl groups excluding tert-OH is 1. The molecule has 0 saturated heterocycles. The second-order valence-electron chi connectivity index (χ2n) is 7.01. The molecule has 158 valence electrons. The number of ether oxygens (including phenoxy) is 3. The largest absolute Gasteiger partial charge is 0.491 e. The molecule has 1 N–H and O–H groups in total. The Kier molecular flexibility index (Phi) is 9.12. The highest BCUT2D eigenvalue weighted by molar-refractivity contribution is 6.37. The molecular formula is C22H25Cl3O4. The van der Waals surface area contributed by atoms with E-state index in [4.69, 9.17) is 49.0 Å². The van der Waals surface area contributed by atoms with Gasteiger partial charge in [0.2, 0.25) is 0 Å². The van der Waals surface area contributed by atoms with Crippen molar-refractivity contribution in [1.29, 1.82) is 0 Å². The lowest BCUT2D eigenvalue weighted by atomic mass is 9.78. The van der Waals surface area contributed by atoms with Crippen LogP contribution in [0.5, 0.6) is 11.5 Å². The van der Waals surface area contributed by atoms with Crippen LogP contribution in [0.2, 0.25) is 10.0 Å². The van der Waals surface area contributed by atoms with Crippen molar-refractivity contribution in [3.8, 4) is 11.5 Å². The third kappa shape index (κ3) is 6.53. The minimum atomic E-state index is -0.666. The molecule has 0 aliphatic carbocycles. The van der Waals surface area contributed by atoms with E-state index in [2.05, 4.69) is 13.8 Å². The van der Waals surface area contributed by atoms with E-state index in [1.165, 1.54) is 12.6 Å². The maximum Gasteiger partial charge on any atom is 0.156 e. The predicted octanol–water partition coefficient (Wildman–Crippen LogP) is 5.84. The van der Waals surface area contributed by atoms with Crippen LogP contribution in [-0.2, 0) is 10.2 Å². The molecule has 7 heteroatoms. The lowest BCUT2D eigenvalue weighted by Crippen LogP contribution is -2.22. The molecule has 0 amide bonds. The summed E-state index contributed by atoms with van der Waals surface area (Å²) in [5.41, 5.74) is 3.05. The van der Waals surface area contributed by atoms with Crippen LogP contribution in [0, 0.1) is 0 Å². The Morgan fingerprint density at radius 3 is 2.17 bits per heavy atom. The summed E-state index contributed by atoms with van der Waals surface area (Å²) >= 11 is 18.3. The Morgan fingerprint density at radius 1 is 1.00 bits per heavy atom. The van der Waals surface area contributed by atoms with E-state index in [1.54, 1.807) is 6.08 Å². The molecule has 4 nitrogen and oxygen atoms in total. The van der Waals surface area contributed by atoms with Gasteiger partial charge >= 0.3 is 0 Å². The highest BCUT2D eigenvalue weighted by Gasteiger charge is 2.25. The molecule has 0 fully saturated rings. The van der Waals surface area contributed by atoms with E-state index in [-0.39, 0.29) is 25.2 Å². The average Bonchev–Trinajstić information content (AvgIpc) is 2.69. The first-order chi connectivity index (χ1) is 13.8. The average molecular weight is 460 g/mol. The number of halogens is 3. The van der Waals surface area contributed by atoms with Gasteiger partial charge in [0, 0.05) is 18.1 Å². The van der Waals surface area contributed by atoms with Gasteiger partial charge in [-0.1, -0.05) is 60.8 Å². The van der Waals surface area contributed by atoms with Crippen molar-refractivity contribution in [3.05, 3.63) is 69.2 Å². The fraction of sp³-hybridized carbons (Fsp3) is 0.364. The zero-order valence-electron chi connectivity index (χ0n) is 16.6. The summed E-state index contributed by atoms with van der Waals surface area (Å²) in [6.07, 6.45) is 0.991. The van der Waals surface area contributed by atoms with Crippen LogP contribution in [-0.4, -0.2) is 38.1 Å². The first-order valence-corrected chi connectivity index (χ1v) is 10.3. The third-order valence-corrected chi connectivity index (χ3v) is 5.25. The summed E-state index contributed by atoms with van der Waals surface area (Å²) in [5.74, 6) is 1.10. The second-order valence-corrected chi connectivity index (χ2v) is 8.08. The number of hydrogen-bond acceptors (Lipinski definition) is 4. The summed E-state index contributed by atoms with van der Waals surface area (Å²) in [6, 6.07) is 11.4. The molecule has 0 aliphatic rings. The van der Waals surface area contributed by atoms with E-state index >= 15 is 0 Å². The molecule has 0 saturated carbocycles. The molecular weight excluding hydrogens is 435 g/mol. The fourth-order valence-corrected chi connectivity index (χ4v) is 3.46. The molecule has 0 spiro atoms. The monoisotopic (exact) mass is 458 g/mol. The van der Waals surface area contributed by atoms with Crippen LogP contribution in [0.15, 0.2) is 48.0 Å². The number of hydrogen-bond donors (Lipinski definition) is 1. The van der Waals surface area contributed by atoms with Gasteiger partial charge in [0.05, 0.1) is 16.7 Å². The summed E-state index contributed by atoms with van der Waals surface area (Å²) in [6.45, 7) is 4.86. The Bertz CT molecular complexity index is 796. The lowest BCUT2D eigenvalue weighted by molar-refractivity contribution is 0.0325. The van der Waals surface area contributed by atoms with Gasteiger partial charge in [-0.2, -0.15) is 0 Å². The fourth-order valence-electron chi connectivity index (χ4n) is 2.79. The lowest BCUT2D eigenvalue weighted by Gasteiger charge is -2.27. The molecule has 0 heterocycles. The molecule has 1 atom stereocenters. The Labute approximate surface area is 186 Å². The van der Waals surface area contributed by atoms with Crippen LogP contribution >= 0.6 is 34.8 Å². The molecule has 0 bridgehead atoms. The van der Waals surface area contributed by atoms with Crippen LogP contribution in [0.4, 0.5) is 0 Å². The van der Waals surface area contributed by atoms with Crippen molar-refractivity contribution in [1.82, 2.24) is 0 Å². The highest BCUT2D eigenvalue weighted by atomic mass is 35.5. The second kappa shape index (κ2) is 11.1. The van der Waals surface area contributed by atoms with Crippen molar-refractivity contribution in [2.75, 3.05) is 26.9 Å². The maximum absolute atomic E-state index is 9.69. The summed E-state index contributed by atoms with van der Waals surface area (Å²) in [5, 5.41) is 10.6. The molecule has 1 unspecified atom stereocenters.